The number of aliphatic hydroxyl groups excluding tert-OH is 1. The number of Topliss-reactive ketones (excluding diaryl/α,β-unsaturated/α-hetero) is 1. The predicted molar refractivity (Wildman–Crippen MR) is 135 cm³/mol. The minimum atomic E-state index is -0.486. The molecule has 190 valence electrons. The van der Waals surface area contributed by atoms with E-state index in [0.717, 1.165) is 35.5 Å². The molecule has 11 heteroatoms. The zero-order valence-corrected chi connectivity index (χ0v) is 20.7. The highest BCUT2D eigenvalue weighted by Crippen LogP contribution is 2.44. The summed E-state index contributed by atoms with van der Waals surface area (Å²) in [5.74, 6) is 0.576. The van der Waals surface area contributed by atoms with Crippen molar-refractivity contribution in [3.05, 3.63) is 54.0 Å². The molecule has 2 saturated heterocycles. The number of nitrogens with zero attached hydrogens (tertiary/aromatic N) is 7. The Labute approximate surface area is 213 Å². The van der Waals surface area contributed by atoms with Crippen molar-refractivity contribution in [1.82, 2.24) is 34.0 Å². The van der Waals surface area contributed by atoms with Gasteiger partial charge in [0.1, 0.15) is 24.6 Å². The second kappa shape index (κ2) is 8.77. The van der Waals surface area contributed by atoms with Gasteiger partial charge in [0.25, 0.3) is 0 Å². The summed E-state index contributed by atoms with van der Waals surface area (Å²) in [5.41, 5.74) is 10.6. The van der Waals surface area contributed by atoms with Gasteiger partial charge in [-0.15, -0.1) is 0 Å². The lowest BCUT2D eigenvalue weighted by atomic mass is 9.85. The number of imidazole rings is 1. The highest BCUT2D eigenvalue weighted by atomic mass is 16.3. The molecule has 4 aromatic heterocycles. The first-order valence-electron chi connectivity index (χ1n) is 12.4. The summed E-state index contributed by atoms with van der Waals surface area (Å²) in [6.07, 6.45) is 10.2. The van der Waals surface area contributed by atoms with Crippen LogP contribution in [0.3, 0.4) is 0 Å². The van der Waals surface area contributed by atoms with Crippen molar-refractivity contribution in [2.24, 2.45) is 0 Å². The number of carbonyl (C=O) groups is 2. The number of amides is 1. The summed E-state index contributed by atoms with van der Waals surface area (Å²) in [4.78, 5) is 40.7. The van der Waals surface area contributed by atoms with Crippen LogP contribution in [0.25, 0.3) is 22.6 Å². The maximum atomic E-state index is 12.7. The van der Waals surface area contributed by atoms with E-state index in [1.165, 1.54) is 11.4 Å². The van der Waals surface area contributed by atoms with E-state index in [0.29, 0.717) is 29.7 Å². The van der Waals surface area contributed by atoms with Crippen molar-refractivity contribution in [2.45, 2.75) is 57.5 Å². The molecule has 11 nitrogen and oxygen atoms in total. The lowest BCUT2D eigenvalue weighted by Gasteiger charge is -2.39. The molecule has 4 aromatic rings. The van der Waals surface area contributed by atoms with Crippen LogP contribution in [0.2, 0.25) is 0 Å². The lowest BCUT2D eigenvalue weighted by molar-refractivity contribution is -0.138. The molecule has 3 atom stereocenters. The number of hydrogen-bond donors (Lipinski definition) is 2. The van der Waals surface area contributed by atoms with Gasteiger partial charge in [0.2, 0.25) is 5.91 Å². The minimum Gasteiger partial charge on any atom is -0.387 e. The van der Waals surface area contributed by atoms with Gasteiger partial charge >= 0.3 is 0 Å². The fraction of sp³-hybridized carbons (Fsp3) is 0.385. The third-order valence-corrected chi connectivity index (χ3v) is 7.64. The molecular weight excluding hydrogens is 472 g/mol. The van der Waals surface area contributed by atoms with Crippen LogP contribution in [0.15, 0.2) is 37.1 Å². The Morgan fingerprint density at radius 2 is 1.89 bits per heavy atom. The van der Waals surface area contributed by atoms with Crippen molar-refractivity contribution < 1.29 is 14.7 Å². The van der Waals surface area contributed by atoms with Gasteiger partial charge in [0.15, 0.2) is 11.4 Å². The average Bonchev–Trinajstić information content (AvgIpc) is 3.59. The lowest BCUT2D eigenvalue weighted by Crippen LogP contribution is -2.47. The average molecular weight is 501 g/mol. The molecule has 6 rings (SSSR count). The number of aromatic nitrogens is 6. The number of rotatable bonds is 5. The van der Waals surface area contributed by atoms with Gasteiger partial charge in [-0.1, -0.05) is 0 Å². The van der Waals surface area contributed by atoms with Crippen LogP contribution in [0.5, 0.6) is 0 Å². The highest BCUT2D eigenvalue weighted by Gasteiger charge is 2.44. The topological polar surface area (TPSA) is 145 Å². The molecule has 0 radical (unpaired) electrons. The largest absolute Gasteiger partial charge is 0.387 e. The smallest absolute Gasteiger partial charge is 0.248 e. The van der Waals surface area contributed by atoms with Crippen LogP contribution in [-0.2, 0) is 4.79 Å². The maximum Gasteiger partial charge on any atom is 0.248 e. The van der Waals surface area contributed by atoms with Gasteiger partial charge in [-0.05, 0) is 51.7 Å². The first kappa shape index (κ1) is 23.3. The zero-order valence-electron chi connectivity index (χ0n) is 20.7. The van der Waals surface area contributed by atoms with E-state index in [4.69, 9.17) is 10.7 Å². The molecule has 1 amide bonds. The Morgan fingerprint density at radius 1 is 1.14 bits per heavy atom. The number of ketones is 1. The first-order valence-corrected chi connectivity index (χ1v) is 12.4. The number of pyridine rings is 1. The minimum absolute atomic E-state index is 0.0235. The van der Waals surface area contributed by atoms with Crippen LogP contribution in [0.4, 0.5) is 5.82 Å². The van der Waals surface area contributed by atoms with Crippen LogP contribution >= 0.6 is 0 Å². The Morgan fingerprint density at radius 3 is 2.49 bits per heavy atom. The summed E-state index contributed by atoms with van der Waals surface area (Å²) >= 11 is 0. The number of carbonyl (C=O) groups excluding carboxylic acids is 2. The van der Waals surface area contributed by atoms with Gasteiger partial charge in [-0.2, -0.15) is 9.61 Å². The van der Waals surface area contributed by atoms with Gasteiger partial charge in [-0.3, -0.25) is 14.2 Å². The summed E-state index contributed by atoms with van der Waals surface area (Å²) < 4.78 is 3.37. The van der Waals surface area contributed by atoms with E-state index in [1.807, 2.05) is 34.7 Å². The Balaban J connectivity index is 1.41. The van der Waals surface area contributed by atoms with E-state index in [9.17, 15) is 14.7 Å². The standard InChI is InChI=1S/C26H28N8O3/c1-14-11-32(13-29-14)21-6-3-16(9-28-21)20-10-30-34-25(27)23(15(2)36)24(31-26(20)34)17-7-18-4-5-19(8-17)33(18)22(37)12-35/h3,6,9-11,13,17-19,35H,4-5,7-8,12,27H2,1-2H3/t17?,18-,19+. The van der Waals surface area contributed by atoms with E-state index in [2.05, 4.69) is 15.1 Å². The molecule has 2 bridgehead atoms. The number of hydrogen-bond acceptors (Lipinski definition) is 8. The Hall–Kier alpha value is -4.12. The first-order chi connectivity index (χ1) is 17.9. The highest BCUT2D eigenvalue weighted by molar-refractivity contribution is 6.00. The molecule has 37 heavy (non-hydrogen) atoms. The van der Waals surface area contributed by atoms with Crippen molar-refractivity contribution in [1.29, 1.82) is 0 Å². The quantitative estimate of drug-likeness (QED) is 0.397. The number of nitrogens with two attached hydrogens (primary N) is 1. The predicted octanol–water partition coefficient (Wildman–Crippen LogP) is 2.30. The molecule has 1 unspecified atom stereocenters. The van der Waals surface area contributed by atoms with Crippen LogP contribution in [0.1, 0.15) is 60.3 Å². The molecule has 2 aliphatic rings. The van der Waals surface area contributed by atoms with Gasteiger partial charge in [0.05, 0.1) is 23.1 Å². The number of piperidine rings is 1. The molecule has 2 fully saturated rings. The summed E-state index contributed by atoms with van der Waals surface area (Å²) in [6, 6.07) is 3.90. The summed E-state index contributed by atoms with van der Waals surface area (Å²) in [6.45, 7) is 2.93. The molecule has 0 aliphatic carbocycles. The molecule has 6 heterocycles. The molecule has 0 aromatic carbocycles. The van der Waals surface area contributed by atoms with Gasteiger partial charge in [-0.25, -0.2) is 15.0 Å². The zero-order chi connectivity index (χ0) is 25.8. The molecule has 0 spiro atoms. The van der Waals surface area contributed by atoms with Crippen molar-refractivity contribution >= 4 is 23.2 Å². The molecular formula is C26H28N8O3. The number of nitrogen functional groups attached to an aromatic ring is 1. The Bertz CT molecular complexity index is 1510. The monoisotopic (exact) mass is 500 g/mol. The SMILES string of the molecule is CC(=O)c1c(C2C[C@H]3CC[C@@H](C2)N3C(=O)CO)nc2c(-c3ccc(-n4cnc(C)c4)nc3)cnn2c1N. The second-order valence-electron chi connectivity index (χ2n) is 9.95. The number of aliphatic hydroxyl groups is 1. The summed E-state index contributed by atoms with van der Waals surface area (Å²) in [7, 11) is 0. The fourth-order valence-corrected chi connectivity index (χ4v) is 6.03. The van der Waals surface area contributed by atoms with E-state index in [1.54, 1.807) is 18.7 Å². The van der Waals surface area contributed by atoms with Crippen LogP contribution in [-0.4, -0.2) is 69.5 Å². The van der Waals surface area contributed by atoms with Crippen molar-refractivity contribution in [2.75, 3.05) is 12.3 Å². The van der Waals surface area contributed by atoms with Crippen molar-refractivity contribution in [3.8, 4) is 16.9 Å². The summed E-state index contributed by atoms with van der Waals surface area (Å²) in [5, 5.41) is 13.9. The van der Waals surface area contributed by atoms with Gasteiger partial charge < -0.3 is 15.7 Å². The third kappa shape index (κ3) is 3.77. The molecule has 2 aliphatic heterocycles. The molecule has 3 N–H and O–H groups in total. The van der Waals surface area contributed by atoms with Crippen molar-refractivity contribution in [3.63, 3.8) is 0 Å². The van der Waals surface area contributed by atoms with Gasteiger partial charge in [0, 0.05) is 41.5 Å². The van der Waals surface area contributed by atoms with E-state index < -0.39 is 6.61 Å². The van der Waals surface area contributed by atoms with E-state index >= 15 is 0 Å². The fourth-order valence-electron chi connectivity index (χ4n) is 6.03. The second-order valence-corrected chi connectivity index (χ2v) is 9.95. The van der Waals surface area contributed by atoms with E-state index in [-0.39, 0.29) is 35.5 Å². The molecule has 0 saturated carbocycles. The third-order valence-electron chi connectivity index (χ3n) is 7.64. The Kier molecular flexibility index (Phi) is 5.52. The van der Waals surface area contributed by atoms with Crippen LogP contribution < -0.4 is 5.73 Å². The van der Waals surface area contributed by atoms with Crippen LogP contribution in [0, 0.1) is 6.92 Å². The maximum absolute atomic E-state index is 12.7. The number of aryl methyl sites for hydroxylation is 1. The number of fused-ring (bicyclic) bond motifs is 3. The number of anilines is 1. The normalized spacial score (nSPS) is 21.1.